The minimum absolute atomic E-state index is 0.00750. The van der Waals surface area contributed by atoms with Gasteiger partial charge in [0.05, 0.1) is 12.7 Å². The molecule has 5 nitrogen and oxygen atoms in total. The molecule has 34 heavy (non-hydrogen) atoms. The fraction of sp³-hybridized carbons (Fsp3) is 0.407. The Morgan fingerprint density at radius 1 is 1.09 bits per heavy atom. The van der Waals surface area contributed by atoms with Crippen molar-refractivity contribution in [1.29, 1.82) is 0 Å². The van der Waals surface area contributed by atoms with Crippen LogP contribution < -0.4 is 4.90 Å². The SMILES string of the molecule is Cn1cc(-c2ccc(CN3C(=O)C4(CN(C5CCCCC5F)C4)c4ccccc43)c(F)c2)cn1. The van der Waals surface area contributed by atoms with E-state index in [9.17, 15) is 9.18 Å². The minimum Gasteiger partial charge on any atom is -0.307 e. The molecule has 3 heterocycles. The van der Waals surface area contributed by atoms with Crippen LogP contribution in [-0.4, -0.2) is 45.9 Å². The van der Waals surface area contributed by atoms with E-state index in [0.29, 0.717) is 25.1 Å². The van der Waals surface area contributed by atoms with Gasteiger partial charge in [-0.3, -0.25) is 14.4 Å². The van der Waals surface area contributed by atoms with Crippen LogP contribution in [0.15, 0.2) is 54.9 Å². The lowest BCUT2D eigenvalue weighted by Crippen LogP contribution is -2.67. The maximum atomic E-state index is 15.1. The maximum absolute atomic E-state index is 15.1. The molecular formula is C27H28F2N4O. The summed E-state index contributed by atoms with van der Waals surface area (Å²) in [5, 5.41) is 4.15. The van der Waals surface area contributed by atoms with Crippen LogP contribution in [0.2, 0.25) is 0 Å². The van der Waals surface area contributed by atoms with Gasteiger partial charge in [-0.15, -0.1) is 0 Å². The van der Waals surface area contributed by atoms with E-state index in [1.165, 1.54) is 6.07 Å². The zero-order chi connectivity index (χ0) is 23.4. The van der Waals surface area contributed by atoms with Gasteiger partial charge in [0.2, 0.25) is 5.91 Å². The average Bonchev–Trinajstić information content (AvgIpc) is 3.34. The number of hydrogen-bond acceptors (Lipinski definition) is 3. The first kappa shape index (κ1) is 21.5. The van der Waals surface area contributed by atoms with Gasteiger partial charge in [0, 0.05) is 49.2 Å². The van der Waals surface area contributed by atoms with E-state index in [-0.39, 0.29) is 24.3 Å². The Kier molecular flexibility index (Phi) is 5.06. The number of alkyl halides is 1. The van der Waals surface area contributed by atoms with Crippen LogP contribution in [-0.2, 0) is 23.8 Å². The van der Waals surface area contributed by atoms with Gasteiger partial charge in [-0.2, -0.15) is 5.10 Å². The molecule has 1 spiro atoms. The third-order valence-electron chi connectivity index (χ3n) is 7.85. The highest BCUT2D eigenvalue weighted by atomic mass is 19.1. The van der Waals surface area contributed by atoms with E-state index in [1.54, 1.807) is 21.8 Å². The van der Waals surface area contributed by atoms with Crippen LogP contribution in [0, 0.1) is 5.82 Å². The van der Waals surface area contributed by atoms with Crippen LogP contribution in [0.1, 0.15) is 36.8 Å². The van der Waals surface area contributed by atoms with Gasteiger partial charge in [0.1, 0.15) is 17.4 Å². The number of aromatic nitrogens is 2. The van der Waals surface area contributed by atoms with Crippen LogP contribution in [0.5, 0.6) is 0 Å². The molecule has 1 aromatic heterocycles. The number of rotatable bonds is 4. The largest absolute Gasteiger partial charge is 0.307 e. The molecule has 1 amide bonds. The zero-order valence-corrected chi connectivity index (χ0v) is 19.3. The molecule has 1 aliphatic carbocycles. The Balaban J connectivity index is 1.26. The van der Waals surface area contributed by atoms with Crippen LogP contribution in [0.4, 0.5) is 14.5 Å². The van der Waals surface area contributed by atoms with Gasteiger partial charge in [0.15, 0.2) is 0 Å². The molecule has 176 valence electrons. The summed E-state index contributed by atoms with van der Waals surface area (Å²) in [6, 6.07) is 12.8. The molecule has 0 bridgehead atoms. The molecule has 2 fully saturated rings. The first-order chi connectivity index (χ1) is 16.5. The second kappa shape index (κ2) is 8.01. The van der Waals surface area contributed by atoms with E-state index < -0.39 is 11.6 Å². The molecule has 3 aromatic rings. The van der Waals surface area contributed by atoms with Gasteiger partial charge in [0.25, 0.3) is 0 Å². The normalized spacial score (nSPS) is 23.9. The van der Waals surface area contributed by atoms with Gasteiger partial charge in [-0.1, -0.05) is 43.2 Å². The van der Waals surface area contributed by atoms with Crippen molar-refractivity contribution in [3.63, 3.8) is 0 Å². The summed E-state index contributed by atoms with van der Waals surface area (Å²) in [5.74, 6) is -0.350. The van der Waals surface area contributed by atoms with Crippen molar-refractivity contribution in [2.24, 2.45) is 7.05 Å². The highest BCUT2D eigenvalue weighted by Gasteiger charge is 2.59. The van der Waals surface area contributed by atoms with Gasteiger partial charge in [-0.05, 0) is 36.1 Å². The lowest BCUT2D eigenvalue weighted by atomic mass is 9.72. The third-order valence-corrected chi connectivity index (χ3v) is 7.85. The number of amides is 1. The summed E-state index contributed by atoms with van der Waals surface area (Å²) in [5.41, 5.74) is 3.23. The second-order valence-electron chi connectivity index (χ2n) is 9.97. The molecule has 2 atom stereocenters. The van der Waals surface area contributed by atoms with Gasteiger partial charge >= 0.3 is 0 Å². The number of anilines is 1. The summed E-state index contributed by atoms with van der Waals surface area (Å²) >= 11 is 0. The molecule has 2 aromatic carbocycles. The lowest BCUT2D eigenvalue weighted by molar-refractivity contribution is -0.132. The maximum Gasteiger partial charge on any atom is 0.240 e. The van der Waals surface area contributed by atoms with E-state index >= 15 is 4.39 Å². The monoisotopic (exact) mass is 462 g/mol. The zero-order valence-electron chi connectivity index (χ0n) is 19.3. The first-order valence-corrected chi connectivity index (χ1v) is 12.0. The quantitative estimate of drug-likeness (QED) is 0.569. The molecule has 2 unspecified atom stereocenters. The predicted molar refractivity (Wildman–Crippen MR) is 127 cm³/mol. The number of carbonyl (C=O) groups excluding carboxylic acids is 1. The number of likely N-dealkylation sites (tertiary alicyclic amines) is 1. The number of nitrogens with zero attached hydrogens (tertiary/aromatic N) is 4. The molecule has 1 saturated carbocycles. The van der Waals surface area contributed by atoms with Gasteiger partial charge < -0.3 is 4.90 Å². The Morgan fingerprint density at radius 3 is 2.62 bits per heavy atom. The molecular weight excluding hydrogens is 434 g/mol. The Morgan fingerprint density at radius 2 is 1.88 bits per heavy atom. The number of benzene rings is 2. The Bertz CT molecular complexity index is 1250. The van der Waals surface area contributed by atoms with Crippen molar-refractivity contribution in [2.45, 2.75) is 49.9 Å². The van der Waals surface area contributed by atoms with Gasteiger partial charge in [-0.25, -0.2) is 8.78 Å². The standard InChI is InChI=1S/C27H28F2N4O/c1-31-14-20(13-30-31)18-10-11-19(23(29)12-18)15-33-24-8-4-2-6-21(24)27(26(33)34)16-32(17-27)25-9-5-3-7-22(25)28/h2,4,6,8,10-14,22,25H,3,5,7,9,15-17H2,1H3. The lowest BCUT2D eigenvalue weighted by Gasteiger charge is -2.52. The first-order valence-electron chi connectivity index (χ1n) is 12.0. The molecule has 1 saturated heterocycles. The molecule has 0 radical (unpaired) electrons. The molecule has 3 aliphatic rings. The van der Waals surface area contributed by atoms with Crippen molar-refractivity contribution in [1.82, 2.24) is 14.7 Å². The number of para-hydroxylation sites is 1. The minimum atomic E-state index is -0.818. The van der Waals surface area contributed by atoms with Crippen molar-refractivity contribution >= 4 is 11.6 Å². The van der Waals surface area contributed by atoms with E-state index in [0.717, 1.165) is 41.6 Å². The summed E-state index contributed by atoms with van der Waals surface area (Å²) in [7, 11) is 1.82. The number of aryl methyl sites for hydroxylation is 1. The Hall–Kier alpha value is -3.06. The smallest absolute Gasteiger partial charge is 0.240 e. The number of fused-ring (bicyclic) bond motifs is 2. The predicted octanol–water partition coefficient (Wildman–Crippen LogP) is 4.61. The van der Waals surface area contributed by atoms with Crippen molar-refractivity contribution in [2.75, 3.05) is 18.0 Å². The number of hydrogen-bond donors (Lipinski definition) is 0. The topological polar surface area (TPSA) is 41.4 Å². The second-order valence-corrected chi connectivity index (χ2v) is 9.97. The van der Waals surface area contributed by atoms with Crippen molar-refractivity contribution in [3.8, 4) is 11.1 Å². The van der Waals surface area contributed by atoms with E-state index in [1.807, 2.05) is 43.6 Å². The Labute approximate surface area is 198 Å². The third kappa shape index (κ3) is 3.28. The highest BCUT2D eigenvalue weighted by Crippen LogP contribution is 2.49. The molecule has 0 N–H and O–H groups in total. The van der Waals surface area contributed by atoms with Crippen LogP contribution in [0.25, 0.3) is 11.1 Å². The van der Waals surface area contributed by atoms with E-state index in [4.69, 9.17) is 0 Å². The summed E-state index contributed by atoms with van der Waals surface area (Å²) in [6.07, 6.45) is 6.17. The van der Waals surface area contributed by atoms with Crippen LogP contribution in [0.3, 0.4) is 0 Å². The van der Waals surface area contributed by atoms with Crippen molar-refractivity contribution < 1.29 is 13.6 Å². The van der Waals surface area contributed by atoms with Crippen molar-refractivity contribution in [3.05, 3.63) is 71.8 Å². The molecule has 7 heteroatoms. The summed E-state index contributed by atoms with van der Waals surface area (Å²) in [4.78, 5) is 17.6. The van der Waals surface area contributed by atoms with E-state index in [2.05, 4.69) is 10.00 Å². The highest BCUT2D eigenvalue weighted by molar-refractivity contribution is 6.09. The fourth-order valence-corrected chi connectivity index (χ4v) is 6.01. The number of halogens is 2. The number of carbonyl (C=O) groups is 1. The molecule has 2 aliphatic heterocycles. The van der Waals surface area contributed by atoms with Crippen LogP contribution >= 0.6 is 0 Å². The summed E-state index contributed by atoms with van der Waals surface area (Å²) < 4.78 is 31.4. The average molecular weight is 463 g/mol. The molecule has 6 rings (SSSR count). The fourth-order valence-electron chi connectivity index (χ4n) is 6.01. The summed E-state index contributed by atoms with van der Waals surface area (Å²) in [6.45, 7) is 1.24.